The van der Waals surface area contributed by atoms with Crippen LogP contribution in [0, 0.1) is 5.92 Å². The van der Waals surface area contributed by atoms with Crippen LogP contribution in [0.5, 0.6) is 0 Å². The van der Waals surface area contributed by atoms with Crippen molar-refractivity contribution in [2.45, 2.75) is 32.6 Å². The molecule has 5 nitrogen and oxygen atoms in total. The molecule has 0 radical (unpaired) electrons. The zero-order chi connectivity index (χ0) is 17.8. The number of hydrogen-bond acceptors (Lipinski definition) is 5. The third-order valence-electron chi connectivity index (χ3n) is 4.51. The molecule has 1 amide bonds. The number of methoxy groups -OCH3 is 1. The van der Waals surface area contributed by atoms with E-state index in [9.17, 15) is 9.59 Å². The Hall–Kier alpha value is -2.34. The van der Waals surface area contributed by atoms with Crippen LogP contribution in [0.1, 0.15) is 46.3 Å². The van der Waals surface area contributed by atoms with E-state index in [1.807, 2.05) is 0 Å². The molecule has 2 heterocycles. The molecule has 1 atom stereocenters. The maximum absolute atomic E-state index is 12.2. The molecule has 1 aliphatic rings. The van der Waals surface area contributed by atoms with Gasteiger partial charge >= 0.3 is 5.97 Å². The van der Waals surface area contributed by atoms with Gasteiger partial charge in [-0.3, -0.25) is 4.79 Å². The Balaban J connectivity index is 1.83. The van der Waals surface area contributed by atoms with Crippen molar-refractivity contribution in [3.63, 3.8) is 0 Å². The molecule has 2 aromatic heterocycles. The monoisotopic (exact) mass is 359 g/mol. The molecule has 0 saturated heterocycles. The van der Waals surface area contributed by atoms with E-state index in [1.54, 1.807) is 24.5 Å². The maximum atomic E-state index is 12.2. The Morgan fingerprint density at radius 2 is 2.32 bits per heavy atom. The number of thiophene rings is 1. The van der Waals surface area contributed by atoms with Crippen molar-refractivity contribution < 1.29 is 18.7 Å². The minimum atomic E-state index is -0.391. The maximum Gasteiger partial charge on any atom is 0.341 e. The molecule has 0 aromatic carbocycles. The molecule has 0 bridgehead atoms. The number of nitrogens with one attached hydrogen (secondary N) is 1. The zero-order valence-corrected chi connectivity index (χ0v) is 15.2. The van der Waals surface area contributed by atoms with Gasteiger partial charge < -0.3 is 14.5 Å². The number of carbonyl (C=O) groups is 2. The smallest absolute Gasteiger partial charge is 0.341 e. The average Bonchev–Trinajstić information content (AvgIpc) is 3.25. The van der Waals surface area contributed by atoms with Gasteiger partial charge in [0.2, 0.25) is 5.91 Å². The van der Waals surface area contributed by atoms with E-state index in [4.69, 9.17) is 9.15 Å². The van der Waals surface area contributed by atoms with Gasteiger partial charge in [0, 0.05) is 11.0 Å². The highest BCUT2D eigenvalue weighted by Crippen LogP contribution is 2.40. The van der Waals surface area contributed by atoms with Gasteiger partial charge in [-0.15, -0.1) is 11.3 Å². The number of carbonyl (C=O) groups excluding carboxylic acids is 2. The van der Waals surface area contributed by atoms with E-state index >= 15 is 0 Å². The summed E-state index contributed by atoms with van der Waals surface area (Å²) in [5, 5.41) is 3.40. The Morgan fingerprint density at radius 1 is 1.48 bits per heavy atom. The molecule has 2 aromatic rings. The number of hydrogen-bond donors (Lipinski definition) is 1. The Bertz CT molecular complexity index is 789. The second-order valence-electron chi connectivity index (χ2n) is 6.05. The minimum absolute atomic E-state index is 0.299. The Labute approximate surface area is 150 Å². The molecule has 0 aliphatic heterocycles. The molecule has 6 heteroatoms. The van der Waals surface area contributed by atoms with Crippen LogP contribution >= 0.6 is 11.3 Å². The first-order valence-corrected chi connectivity index (χ1v) is 9.19. The van der Waals surface area contributed by atoms with Crippen molar-refractivity contribution in [1.82, 2.24) is 0 Å². The van der Waals surface area contributed by atoms with Gasteiger partial charge in [-0.2, -0.15) is 0 Å². The lowest BCUT2D eigenvalue weighted by molar-refractivity contribution is -0.111. The van der Waals surface area contributed by atoms with Crippen LogP contribution in [0.25, 0.3) is 6.08 Å². The standard InChI is InChI=1S/C19H21NO4S/c1-3-12-6-8-14-15(11-12)25-18(17(14)19(22)23-2)20-16(21)9-7-13-5-4-10-24-13/h4-5,7,9-10,12H,3,6,8,11H2,1-2H3,(H,20,21)/b9-7+/t12-/m0/s1. The number of amides is 1. The van der Waals surface area contributed by atoms with E-state index in [-0.39, 0.29) is 5.91 Å². The normalized spacial score (nSPS) is 16.6. The van der Waals surface area contributed by atoms with Gasteiger partial charge in [0.25, 0.3) is 0 Å². The number of rotatable bonds is 5. The molecule has 1 aliphatic carbocycles. The first kappa shape index (κ1) is 17.5. The lowest BCUT2D eigenvalue weighted by Gasteiger charge is -2.20. The van der Waals surface area contributed by atoms with E-state index in [1.165, 1.54) is 29.4 Å². The number of fused-ring (bicyclic) bond motifs is 1. The van der Waals surface area contributed by atoms with Crippen molar-refractivity contribution >= 4 is 34.3 Å². The predicted molar refractivity (Wildman–Crippen MR) is 97.8 cm³/mol. The fraction of sp³-hybridized carbons (Fsp3) is 0.368. The van der Waals surface area contributed by atoms with Crippen LogP contribution in [-0.2, 0) is 22.4 Å². The summed E-state index contributed by atoms with van der Waals surface area (Å²) in [7, 11) is 1.37. The third-order valence-corrected chi connectivity index (χ3v) is 5.68. The molecule has 3 rings (SSSR count). The first-order valence-electron chi connectivity index (χ1n) is 8.37. The fourth-order valence-electron chi connectivity index (χ4n) is 3.11. The van der Waals surface area contributed by atoms with Crippen LogP contribution in [-0.4, -0.2) is 19.0 Å². The van der Waals surface area contributed by atoms with Crippen molar-refractivity contribution in [3.8, 4) is 0 Å². The highest BCUT2D eigenvalue weighted by molar-refractivity contribution is 7.17. The van der Waals surface area contributed by atoms with E-state index in [2.05, 4.69) is 12.2 Å². The van der Waals surface area contributed by atoms with Crippen LogP contribution < -0.4 is 5.32 Å². The summed E-state index contributed by atoms with van der Waals surface area (Å²) in [6, 6.07) is 3.52. The SMILES string of the molecule is CC[C@H]1CCc2c(sc(NC(=O)/C=C/c3ccco3)c2C(=O)OC)C1. The minimum Gasteiger partial charge on any atom is -0.465 e. The summed E-state index contributed by atoms with van der Waals surface area (Å²) in [6.07, 6.45) is 8.53. The number of ether oxygens (including phenoxy) is 1. The summed E-state index contributed by atoms with van der Waals surface area (Å²) < 4.78 is 10.1. The Kier molecular flexibility index (Phi) is 5.38. The summed E-state index contributed by atoms with van der Waals surface area (Å²) >= 11 is 1.49. The average molecular weight is 359 g/mol. The molecular weight excluding hydrogens is 338 g/mol. The van der Waals surface area contributed by atoms with E-state index in [0.29, 0.717) is 22.2 Å². The summed E-state index contributed by atoms with van der Waals surface area (Å²) in [4.78, 5) is 25.6. The van der Waals surface area contributed by atoms with Crippen molar-refractivity contribution in [1.29, 1.82) is 0 Å². The topological polar surface area (TPSA) is 68.5 Å². The molecule has 0 fully saturated rings. The van der Waals surface area contributed by atoms with E-state index < -0.39 is 5.97 Å². The second-order valence-corrected chi connectivity index (χ2v) is 7.16. The molecule has 0 unspecified atom stereocenters. The van der Waals surface area contributed by atoms with Gasteiger partial charge in [-0.05, 0) is 49.0 Å². The molecular formula is C19H21NO4S. The van der Waals surface area contributed by atoms with Gasteiger partial charge in [-0.1, -0.05) is 13.3 Å². The van der Waals surface area contributed by atoms with Gasteiger partial charge in [0.05, 0.1) is 18.9 Å². The lowest BCUT2D eigenvalue weighted by Crippen LogP contribution is -2.15. The van der Waals surface area contributed by atoms with Crippen LogP contribution in [0.2, 0.25) is 0 Å². The molecule has 0 saturated carbocycles. The molecule has 0 spiro atoms. The van der Waals surface area contributed by atoms with Crippen LogP contribution in [0.3, 0.4) is 0 Å². The fourth-order valence-corrected chi connectivity index (χ4v) is 4.46. The second kappa shape index (κ2) is 7.70. The van der Waals surface area contributed by atoms with Crippen molar-refractivity contribution in [3.05, 3.63) is 46.2 Å². The molecule has 25 heavy (non-hydrogen) atoms. The van der Waals surface area contributed by atoms with Crippen LogP contribution in [0.15, 0.2) is 28.9 Å². The largest absolute Gasteiger partial charge is 0.465 e. The number of esters is 1. The first-order chi connectivity index (χ1) is 12.1. The lowest BCUT2D eigenvalue weighted by atomic mass is 9.86. The summed E-state index contributed by atoms with van der Waals surface area (Å²) in [6.45, 7) is 2.19. The quantitative estimate of drug-likeness (QED) is 0.638. The van der Waals surface area contributed by atoms with Crippen LogP contribution in [0.4, 0.5) is 5.00 Å². The highest BCUT2D eigenvalue weighted by Gasteiger charge is 2.29. The van der Waals surface area contributed by atoms with Gasteiger partial charge in [-0.25, -0.2) is 4.79 Å². The summed E-state index contributed by atoms with van der Waals surface area (Å²) in [5.74, 6) is 0.545. The number of anilines is 1. The molecule has 132 valence electrons. The van der Waals surface area contributed by atoms with Crippen molar-refractivity contribution in [2.24, 2.45) is 5.92 Å². The predicted octanol–water partition coefficient (Wildman–Crippen LogP) is 4.29. The number of furan rings is 1. The van der Waals surface area contributed by atoms with Gasteiger partial charge in [0.15, 0.2) is 0 Å². The zero-order valence-electron chi connectivity index (χ0n) is 14.3. The van der Waals surface area contributed by atoms with Gasteiger partial charge in [0.1, 0.15) is 10.8 Å². The summed E-state index contributed by atoms with van der Waals surface area (Å²) in [5.41, 5.74) is 1.55. The molecule has 1 N–H and O–H groups in total. The highest BCUT2D eigenvalue weighted by atomic mass is 32.1. The van der Waals surface area contributed by atoms with E-state index in [0.717, 1.165) is 31.2 Å². The van der Waals surface area contributed by atoms with Crippen molar-refractivity contribution in [2.75, 3.05) is 12.4 Å². The third kappa shape index (κ3) is 3.85. The Morgan fingerprint density at radius 3 is 3.00 bits per heavy atom.